The van der Waals surface area contributed by atoms with Crippen LogP contribution in [-0.4, -0.2) is 75.1 Å². The van der Waals surface area contributed by atoms with Crippen LogP contribution in [0.25, 0.3) is 21.5 Å². The highest BCUT2D eigenvalue weighted by atomic mass is 35.5. The maximum atomic E-state index is 13.9. The molecule has 2 saturated heterocycles. The van der Waals surface area contributed by atoms with Gasteiger partial charge in [-0.15, -0.1) is 23.7 Å². The van der Waals surface area contributed by atoms with Crippen LogP contribution in [0.1, 0.15) is 47.3 Å². The second-order valence-corrected chi connectivity index (χ2v) is 13.1. The quantitative estimate of drug-likeness (QED) is 0.380. The second-order valence-electron chi connectivity index (χ2n) is 12.0. The Balaban J connectivity index is 0.00000353. The number of rotatable bonds is 4. The average Bonchev–Trinajstić information content (AvgIpc) is 3.13. The fourth-order valence-electron chi connectivity index (χ4n) is 6.44. The predicted octanol–water partition coefficient (Wildman–Crippen LogP) is 5.02. The van der Waals surface area contributed by atoms with Crippen LogP contribution in [0.2, 0.25) is 0 Å². The summed E-state index contributed by atoms with van der Waals surface area (Å²) in [7, 11) is 1.96. The third-order valence-electron chi connectivity index (χ3n) is 8.74. The summed E-state index contributed by atoms with van der Waals surface area (Å²) < 4.78 is 42.3. The summed E-state index contributed by atoms with van der Waals surface area (Å²) in [5.41, 5.74) is -0.282. The van der Waals surface area contributed by atoms with Crippen LogP contribution < -0.4 is 0 Å². The number of nitrogens with zero attached hydrogens (tertiary/aromatic N) is 5. The number of carbonyl (C=O) groups excluding carboxylic acids is 3. The zero-order valence-electron chi connectivity index (χ0n) is 23.8. The van der Waals surface area contributed by atoms with Gasteiger partial charge in [-0.2, -0.15) is 13.2 Å². The van der Waals surface area contributed by atoms with Crippen LogP contribution in [0.5, 0.6) is 0 Å². The number of likely N-dealkylation sites (N-methyl/N-ethyl adjacent to an activating group) is 1. The lowest BCUT2D eigenvalue weighted by atomic mass is 9.98. The number of thiophene rings is 1. The van der Waals surface area contributed by atoms with Gasteiger partial charge in [0.1, 0.15) is 5.69 Å². The molecule has 5 heterocycles. The number of piperazine rings is 1. The van der Waals surface area contributed by atoms with E-state index in [1.165, 1.54) is 29.4 Å². The number of aryl methyl sites for hydroxylation is 1. The van der Waals surface area contributed by atoms with Crippen molar-refractivity contribution < 1.29 is 27.6 Å². The topological polar surface area (TPSA) is 86.7 Å². The molecular formula is C29H31ClF3N5O3S. The van der Waals surface area contributed by atoms with E-state index in [0.717, 1.165) is 6.07 Å². The van der Waals surface area contributed by atoms with E-state index in [2.05, 4.69) is 14.9 Å². The maximum Gasteiger partial charge on any atom is 0.433 e. The molecule has 42 heavy (non-hydrogen) atoms. The Kier molecular flexibility index (Phi) is 7.43. The Hall–Kier alpha value is -3.09. The highest BCUT2D eigenvalue weighted by molar-refractivity contribution is 7.19. The van der Waals surface area contributed by atoms with Gasteiger partial charge in [0.05, 0.1) is 39.9 Å². The number of alkyl halides is 3. The second kappa shape index (κ2) is 10.3. The molecule has 3 atom stereocenters. The van der Waals surface area contributed by atoms with Gasteiger partial charge in [-0.05, 0) is 50.1 Å². The van der Waals surface area contributed by atoms with Crippen molar-refractivity contribution in [1.82, 2.24) is 24.7 Å². The van der Waals surface area contributed by atoms with E-state index in [1.54, 1.807) is 17.0 Å². The molecular weight excluding hydrogens is 591 g/mol. The minimum Gasteiger partial charge on any atom is -0.333 e. The van der Waals surface area contributed by atoms with Crippen LogP contribution in [0.4, 0.5) is 13.2 Å². The zero-order chi connectivity index (χ0) is 29.6. The highest BCUT2D eigenvalue weighted by Gasteiger charge is 2.72. The Morgan fingerprint density at radius 2 is 1.81 bits per heavy atom. The highest BCUT2D eigenvalue weighted by Crippen LogP contribution is 2.63. The summed E-state index contributed by atoms with van der Waals surface area (Å²) >= 11 is 1.24. The van der Waals surface area contributed by atoms with Crippen LogP contribution in [0.15, 0.2) is 24.4 Å². The SMILES string of the molecule is Cc1cc(C(F)(F)F)nc(-c2ccnc3cc(CN4C(=O)C5C(C4=O)C5(C)C)sc23)c1C(=O)N1CCN(C)CC1C.Cl. The fourth-order valence-corrected chi connectivity index (χ4v) is 7.55. The van der Waals surface area contributed by atoms with Gasteiger partial charge < -0.3 is 9.80 Å². The molecule has 0 aromatic carbocycles. The fraction of sp³-hybridized carbons (Fsp3) is 0.483. The molecule has 224 valence electrons. The van der Waals surface area contributed by atoms with E-state index >= 15 is 0 Å². The maximum absolute atomic E-state index is 13.9. The first-order chi connectivity index (χ1) is 19.2. The molecule has 0 radical (unpaired) electrons. The summed E-state index contributed by atoms with van der Waals surface area (Å²) in [4.78, 5) is 53.9. The molecule has 2 aliphatic heterocycles. The molecule has 0 spiro atoms. The lowest BCUT2D eigenvalue weighted by molar-refractivity contribution is -0.144. The van der Waals surface area contributed by atoms with E-state index in [-0.39, 0.29) is 76.8 Å². The molecule has 1 aliphatic carbocycles. The molecule has 3 aliphatic rings. The predicted molar refractivity (Wildman–Crippen MR) is 154 cm³/mol. The van der Waals surface area contributed by atoms with E-state index in [4.69, 9.17) is 0 Å². The number of pyridine rings is 2. The molecule has 0 bridgehead atoms. The molecule has 6 rings (SSSR count). The van der Waals surface area contributed by atoms with Gasteiger partial charge in [-0.25, -0.2) is 4.98 Å². The van der Waals surface area contributed by atoms with Crippen molar-refractivity contribution in [3.63, 3.8) is 0 Å². The number of hydrogen-bond donors (Lipinski definition) is 0. The van der Waals surface area contributed by atoms with Crippen molar-refractivity contribution in [2.24, 2.45) is 17.3 Å². The summed E-state index contributed by atoms with van der Waals surface area (Å²) in [6.07, 6.45) is -3.23. The first-order valence-electron chi connectivity index (χ1n) is 13.5. The van der Waals surface area contributed by atoms with Crippen molar-refractivity contribution >= 4 is 51.7 Å². The number of hydrogen-bond acceptors (Lipinski definition) is 7. The van der Waals surface area contributed by atoms with Gasteiger partial charge in [0.15, 0.2) is 0 Å². The van der Waals surface area contributed by atoms with E-state index < -0.39 is 11.9 Å². The number of piperidine rings is 1. The zero-order valence-corrected chi connectivity index (χ0v) is 25.4. The molecule has 1 saturated carbocycles. The van der Waals surface area contributed by atoms with Gasteiger partial charge in [0, 0.05) is 42.3 Å². The van der Waals surface area contributed by atoms with E-state index in [1.807, 2.05) is 27.8 Å². The average molecular weight is 622 g/mol. The monoisotopic (exact) mass is 621 g/mol. The number of amides is 3. The standard InChI is InChI=1S/C29H30F3N5O3S.ClH/c1-14-10-19(29(30,31)32)34-23(20(14)25(38)36-9-8-35(5)12-15(36)2)17-6-7-33-18-11-16(41-24(17)18)13-37-26(39)21-22(27(37)40)28(21,3)4;/h6-7,10-11,15,21-22H,8-9,12-13H2,1-5H3;1H. The van der Waals surface area contributed by atoms with Crippen molar-refractivity contribution in [2.75, 3.05) is 26.7 Å². The van der Waals surface area contributed by atoms with E-state index in [0.29, 0.717) is 40.3 Å². The number of carbonyl (C=O) groups is 3. The van der Waals surface area contributed by atoms with Gasteiger partial charge >= 0.3 is 6.18 Å². The van der Waals surface area contributed by atoms with Gasteiger partial charge in [-0.3, -0.25) is 24.3 Å². The molecule has 0 N–H and O–H groups in total. The van der Waals surface area contributed by atoms with Gasteiger partial charge in [0.25, 0.3) is 5.91 Å². The first kappa shape index (κ1) is 30.4. The van der Waals surface area contributed by atoms with Gasteiger partial charge in [-0.1, -0.05) is 13.8 Å². The summed E-state index contributed by atoms with van der Waals surface area (Å²) in [5.74, 6) is -1.36. The summed E-state index contributed by atoms with van der Waals surface area (Å²) in [6.45, 7) is 9.07. The van der Waals surface area contributed by atoms with Crippen molar-refractivity contribution in [2.45, 2.75) is 46.5 Å². The normalized spacial score (nSPS) is 23.8. The number of aromatic nitrogens is 2. The molecule has 3 fully saturated rings. The molecule has 3 aromatic rings. The van der Waals surface area contributed by atoms with Gasteiger partial charge in [0.2, 0.25) is 11.8 Å². The Bertz CT molecular complexity index is 1600. The Labute approximate surface area is 251 Å². The third-order valence-corrected chi connectivity index (χ3v) is 9.88. The first-order valence-corrected chi connectivity index (χ1v) is 14.3. The van der Waals surface area contributed by atoms with Crippen LogP contribution in [-0.2, 0) is 22.3 Å². The van der Waals surface area contributed by atoms with Crippen LogP contribution in [0, 0.1) is 24.2 Å². The molecule has 3 unspecified atom stereocenters. The number of imide groups is 1. The Morgan fingerprint density at radius 3 is 2.43 bits per heavy atom. The Morgan fingerprint density at radius 1 is 1.14 bits per heavy atom. The smallest absolute Gasteiger partial charge is 0.333 e. The van der Waals surface area contributed by atoms with Crippen molar-refractivity contribution in [3.8, 4) is 11.3 Å². The lowest BCUT2D eigenvalue weighted by Gasteiger charge is -2.38. The number of fused-ring (bicyclic) bond motifs is 2. The third kappa shape index (κ3) is 4.77. The lowest BCUT2D eigenvalue weighted by Crippen LogP contribution is -2.53. The number of likely N-dealkylation sites (tertiary alicyclic amines) is 1. The van der Waals surface area contributed by atoms with Crippen molar-refractivity contribution in [1.29, 1.82) is 0 Å². The largest absolute Gasteiger partial charge is 0.433 e. The molecule has 13 heteroatoms. The molecule has 3 amide bonds. The van der Waals surface area contributed by atoms with E-state index in [9.17, 15) is 27.6 Å². The number of halogens is 4. The summed E-state index contributed by atoms with van der Waals surface area (Å²) in [5, 5.41) is 0. The molecule has 8 nitrogen and oxygen atoms in total. The van der Waals surface area contributed by atoms with Crippen LogP contribution >= 0.6 is 23.7 Å². The minimum atomic E-state index is -4.71. The molecule has 3 aromatic heterocycles. The summed E-state index contributed by atoms with van der Waals surface area (Å²) in [6, 6.07) is 4.10. The van der Waals surface area contributed by atoms with Crippen molar-refractivity contribution in [3.05, 3.63) is 46.1 Å². The minimum absolute atomic E-state index is 0. The van der Waals surface area contributed by atoms with Crippen LogP contribution in [0.3, 0.4) is 0 Å².